The van der Waals surface area contributed by atoms with E-state index in [2.05, 4.69) is 25.3 Å². The van der Waals surface area contributed by atoms with Gasteiger partial charge in [0.15, 0.2) is 0 Å². The molecule has 0 bridgehead atoms. The van der Waals surface area contributed by atoms with Gasteiger partial charge in [0.1, 0.15) is 23.1 Å². The maximum Gasteiger partial charge on any atom is 1.00 e. The van der Waals surface area contributed by atoms with Crippen LogP contribution in [0.2, 0.25) is 0 Å². The smallest absolute Gasteiger partial charge is 0.545 e. The molecule has 270 valence electrons. The Kier molecular flexibility index (Phi) is 15.9. The first-order valence-corrected chi connectivity index (χ1v) is 15.7. The number of pyridine rings is 2. The first kappa shape index (κ1) is 43.6. The Hall–Kier alpha value is -5.77. The van der Waals surface area contributed by atoms with E-state index >= 15 is 0 Å². The Morgan fingerprint density at radius 1 is 0.691 bits per heavy atom. The Labute approximate surface area is 336 Å². The van der Waals surface area contributed by atoms with Crippen LogP contribution in [-0.2, 0) is 0 Å². The van der Waals surface area contributed by atoms with Gasteiger partial charge < -0.3 is 39.9 Å². The standard InChI is InChI=1S/C20H18N2O3.C19H12F4N2O3.2Li/c1-2-25-17-6-3-5-15(13-17)14-8-10-16(11-9-14)22-19-18(20(23)24)7-4-12-21-19;20-15-9-12(11-2-1-3-13(8-11)28-19(21,22)23)4-5-16(15)25-17-10-24-7-6-14(17)18(26)27;;/h3-13H,2H2,1H3,(H,21,22)(H,23,24);1-10,25H,(H,26,27);;/q;;2*+1/p-2. The number of nitrogens with zero attached hydrogens (tertiary/aromatic N) is 2. The molecule has 2 N–H and O–H groups in total. The average molecular weight is 739 g/mol. The van der Waals surface area contributed by atoms with Gasteiger partial charge in [0.05, 0.1) is 36.1 Å². The van der Waals surface area contributed by atoms with Gasteiger partial charge in [0.25, 0.3) is 0 Å². The van der Waals surface area contributed by atoms with Crippen molar-refractivity contribution in [1.82, 2.24) is 9.97 Å². The molecule has 0 spiro atoms. The van der Waals surface area contributed by atoms with E-state index < -0.39 is 29.9 Å². The summed E-state index contributed by atoms with van der Waals surface area (Å²) in [4.78, 5) is 30.1. The van der Waals surface area contributed by atoms with Crippen LogP contribution in [0.1, 0.15) is 27.6 Å². The Morgan fingerprint density at radius 3 is 1.95 bits per heavy atom. The van der Waals surface area contributed by atoms with E-state index in [0.717, 1.165) is 40.8 Å². The normalized spacial score (nSPS) is 10.3. The summed E-state index contributed by atoms with van der Waals surface area (Å²) in [7, 11) is 0. The van der Waals surface area contributed by atoms with E-state index in [0.29, 0.717) is 17.7 Å². The number of benzene rings is 4. The molecule has 6 rings (SSSR count). The Balaban J connectivity index is 0.000000287. The number of carbonyl (C=O) groups excluding carboxylic acids is 2. The number of aromatic nitrogens is 2. The van der Waals surface area contributed by atoms with Crippen molar-refractivity contribution in [3.8, 4) is 33.8 Å². The predicted molar refractivity (Wildman–Crippen MR) is 185 cm³/mol. The number of aromatic carboxylic acids is 2. The zero-order valence-corrected chi connectivity index (χ0v) is 29.7. The molecule has 16 heteroatoms. The molecule has 0 saturated heterocycles. The molecule has 0 aliphatic heterocycles. The monoisotopic (exact) mass is 738 g/mol. The number of carbonyl (C=O) groups is 2. The van der Waals surface area contributed by atoms with Crippen molar-refractivity contribution in [2.45, 2.75) is 13.3 Å². The molecule has 0 amide bonds. The fourth-order valence-electron chi connectivity index (χ4n) is 4.97. The zero-order chi connectivity index (χ0) is 38.0. The minimum atomic E-state index is -4.84. The first-order valence-electron chi connectivity index (χ1n) is 15.7. The van der Waals surface area contributed by atoms with Gasteiger partial charge in [-0.1, -0.05) is 42.5 Å². The van der Waals surface area contributed by atoms with Crippen molar-refractivity contribution in [2.24, 2.45) is 0 Å². The summed E-state index contributed by atoms with van der Waals surface area (Å²) in [5.41, 5.74) is 3.26. The number of hydrogen-bond donors (Lipinski definition) is 2. The van der Waals surface area contributed by atoms with Crippen molar-refractivity contribution >= 4 is 34.8 Å². The summed E-state index contributed by atoms with van der Waals surface area (Å²) in [6.07, 6.45) is -0.845. The van der Waals surface area contributed by atoms with Crippen LogP contribution in [0, 0.1) is 5.82 Å². The molecule has 0 fully saturated rings. The van der Waals surface area contributed by atoms with E-state index in [-0.39, 0.29) is 66.0 Å². The van der Waals surface area contributed by atoms with Gasteiger partial charge in [-0.15, -0.1) is 13.2 Å². The van der Waals surface area contributed by atoms with Gasteiger partial charge in [-0.2, -0.15) is 0 Å². The molecule has 0 aliphatic carbocycles. The fourth-order valence-corrected chi connectivity index (χ4v) is 4.97. The number of halogens is 4. The minimum Gasteiger partial charge on any atom is -0.545 e. The van der Waals surface area contributed by atoms with Gasteiger partial charge >= 0.3 is 44.1 Å². The van der Waals surface area contributed by atoms with Gasteiger partial charge in [-0.05, 0) is 95.9 Å². The van der Waals surface area contributed by atoms with Crippen LogP contribution in [-0.4, -0.2) is 34.9 Å². The molecule has 0 radical (unpaired) electrons. The van der Waals surface area contributed by atoms with E-state index in [1.165, 1.54) is 55.0 Å². The second-order valence-corrected chi connectivity index (χ2v) is 11.0. The van der Waals surface area contributed by atoms with Crippen molar-refractivity contribution < 1.29 is 84.6 Å². The second kappa shape index (κ2) is 20.1. The number of carboxylic acid groups (broad SMARTS) is 2. The summed E-state index contributed by atoms with van der Waals surface area (Å²) >= 11 is 0. The molecule has 6 aromatic rings. The number of anilines is 4. The molecule has 0 saturated carbocycles. The Bertz CT molecular complexity index is 2230. The number of carboxylic acids is 2. The van der Waals surface area contributed by atoms with Crippen molar-refractivity contribution in [3.63, 3.8) is 0 Å². The van der Waals surface area contributed by atoms with Gasteiger partial charge in [0.2, 0.25) is 0 Å². The SMILES string of the molecule is CCOc1cccc(-c2ccc(Nc3ncccc3C(=O)[O-])cc2)c1.O=C([O-])c1ccncc1Nc1ccc(-c2cccc(OC(F)(F)F)c2)cc1F.[Li+].[Li+]. The van der Waals surface area contributed by atoms with Crippen LogP contribution < -0.4 is 68.0 Å². The van der Waals surface area contributed by atoms with Crippen LogP contribution in [0.4, 0.5) is 40.4 Å². The maximum absolute atomic E-state index is 14.5. The van der Waals surface area contributed by atoms with Gasteiger partial charge in [-0.25, -0.2) is 9.37 Å². The first-order chi connectivity index (χ1) is 25.4. The number of hydrogen-bond acceptors (Lipinski definition) is 10. The van der Waals surface area contributed by atoms with E-state index in [4.69, 9.17) is 4.74 Å². The van der Waals surface area contributed by atoms with Crippen molar-refractivity contribution in [3.05, 3.63) is 145 Å². The van der Waals surface area contributed by atoms with E-state index in [9.17, 15) is 37.4 Å². The molecule has 55 heavy (non-hydrogen) atoms. The topological polar surface area (TPSA) is 149 Å². The number of alkyl halides is 3. The third-order valence-corrected chi connectivity index (χ3v) is 7.33. The average Bonchev–Trinajstić information content (AvgIpc) is 3.13. The van der Waals surface area contributed by atoms with Crippen LogP contribution in [0.15, 0.2) is 128 Å². The number of nitrogens with one attached hydrogen (secondary N) is 2. The quantitative estimate of drug-likeness (QED) is 0.147. The summed E-state index contributed by atoms with van der Waals surface area (Å²) in [6, 6.07) is 28.7. The van der Waals surface area contributed by atoms with Crippen LogP contribution in [0.3, 0.4) is 0 Å². The number of ether oxygens (including phenoxy) is 2. The largest absolute Gasteiger partial charge is 1.00 e. The van der Waals surface area contributed by atoms with Crippen LogP contribution in [0.5, 0.6) is 11.5 Å². The summed E-state index contributed by atoms with van der Waals surface area (Å²) in [5, 5.41) is 27.9. The summed E-state index contributed by atoms with van der Waals surface area (Å²) in [5.74, 6) is -2.80. The molecule has 4 aromatic carbocycles. The molecular weight excluding hydrogens is 710 g/mol. The van der Waals surface area contributed by atoms with E-state index in [1.807, 2.05) is 55.5 Å². The third kappa shape index (κ3) is 12.4. The zero-order valence-electron chi connectivity index (χ0n) is 29.7. The Morgan fingerprint density at radius 2 is 1.31 bits per heavy atom. The minimum absolute atomic E-state index is 0. The third-order valence-electron chi connectivity index (χ3n) is 7.33. The maximum atomic E-state index is 14.5. The van der Waals surface area contributed by atoms with Crippen LogP contribution >= 0.6 is 0 Å². The van der Waals surface area contributed by atoms with Crippen molar-refractivity contribution in [2.75, 3.05) is 17.2 Å². The summed E-state index contributed by atoms with van der Waals surface area (Å²) in [6.45, 7) is 2.57. The molecular formula is C39H28F4Li2N4O6. The van der Waals surface area contributed by atoms with Gasteiger partial charge in [-0.3, -0.25) is 4.98 Å². The number of rotatable bonds is 11. The second-order valence-electron chi connectivity index (χ2n) is 11.0. The summed E-state index contributed by atoms with van der Waals surface area (Å²) < 4.78 is 60.9. The molecule has 0 aliphatic rings. The van der Waals surface area contributed by atoms with Crippen molar-refractivity contribution in [1.29, 1.82) is 0 Å². The van der Waals surface area contributed by atoms with E-state index in [1.54, 1.807) is 6.07 Å². The molecule has 2 aromatic heterocycles. The fraction of sp³-hybridized carbons (Fsp3) is 0.0769. The molecule has 0 atom stereocenters. The molecule has 0 unspecified atom stereocenters. The van der Waals surface area contributed by atoms with Gasteiger partial charge in [0, 0.05) is 29.2 Å². The van der Waals surface area contributed by atoms with Crippen LogP contribution in [0.25, 0.3) is 22.3 Å². The molecule has 2 heterocycles. The molecule has 10 nitrogen and oxygen atoms in total. The predicted octanol–water partition coefficient (Wildman–Crippen LogP) is 1.16.